The number of esters is 1. The molecular weight excluding hydrogens is 289 g/mol. The third-order valence-corrected chi connectivity index (χ3v) is 4.20. The number of rotatable bonds is 2. The Morgan fingerprint density at radius 2 is 2.00 bits per heavy atom. The van der Waals surface area contributed by atoms with Crippen molar-refractivity contribution >= 4 is 23.0 Å². The molecule has 0 bridgehead atoms. The lowest BCUT2D eigenvalue weighted by molar-refractivity contribution is 0.00763. The van der Waals surface area contributed by atoms with E-state index in [9.17, 15) is 9.18 Å². The number of nitrogens with two attached hydrogens (primary N) is 1. The summed E-state index contributed by atoms with van der Waals surface area (Å²) in [5, 5.41) is 0. The Kier molecular flexibility index (Phi) is 4.05. The van der Waals surface area contributed by atoms with Crippen LogP contribution in [0.4, 0.5) is 10.1 Å². The number of carbonyl (C=O) groups is 1. The average molecular weight is 307 g/mol. The van der Waals surface area contributed by atoms with Crippen molar-refractivity contribution in [1.82, 2.24) is 0 Å². The van der Waals surface area contributed by atoms with E-state index in [4.69, 9.17) is 10.5 Å². The van der Waals surface area contributed by atoms with E-state index in [1.54, 1.807) is 32.9 Å². The Morgan fingerprint density at radius 1 is 1.33 bits per heavy atom. The van der Waals surface area contributed by atoms with Gasteiger partial charge in [0.2, 0.25) is 0 Å². The topological polar surface area (TPSA) is 52.3 Å². The number of hydrogen-bond donors (Lipinski definition) is 1. The number of halogens is 1. The predicted molar refractivity (Wildman–Crippen MR) is 84.0 cm³/mol. The predicted octanol–water partition coefficient (Wildman–Crippen LogP) is 4.40. The van der Waals surface area contributed by atoms with Gasteiger partial charge in [-0.15, -0.1) is 11.3 Å². The molecule has 0 amide bonds. The lowest BCUT2D eigenvalue weighted by Gasteiger charge is -2.19. The zero-order valence-corrected chi connectivity index (χ0v) is 13.3. The summed E-state index contributed by atoms with van der Waals surface area (Å²) in [6, 6.07) is 6.23. The molecule has 3 nitrogen and oxygen atoms in total. The number of benzene rings is 1. The van der Waals surface area contributed by atoms with E-state index in [1.165, 1.54) is 23.5 Å². The Balaban J connectivity index is 2.44. The highest BCUT2D eigenvalue weighted by molar-refractivity contribution is 7.18. The van der Waals surface area contributed by atoms with Gasteiger partial charge in [-0.3, -0.25) is 0 Å². The fraction of sp³-hybridized carbons (Fsp3) is 0.312. The summed E-state index contributed by atoms with van der Waals surface area (Å²) in [5.74, 6) is -0.770. The third kappa shape index (κ3) is 3.42. The van der Waals surface area contributed by atoms with Gasteiger partial charge in [0.05, 0.1) is 5.69 Å². The number of ether oxygens (including phenoxy) is 1. The molecule has 0 aliphatic heterocycles. The second kappa shape index (κ2) is 5.48. The van der Waals surface area contributed by atoms with Crippen LogP contribution in [-0.4, -0.2) is 11.6 Å². The minimum absolute atomic E-state index is 0.322. The van der Waals surface area contributed by atoms with Crippen molar-refractivity contribution in [3.05, 3.63) is 40.5 Å². The molecule has 2 rings (SSSR count). The highest BCUT2D eigenvalue weighted by Gasteiger charge is 2.24. The molecule has 0 saturated heterocycles. The molecule has 1 aromatic carbocycles. The van der Waals surface area contributed by atoms with Crippen molar-refractivity contribution < 1.29 is 13.9 Å². The summed E-state index contributed by atoms with van der Waals surface area (Å²) in [4.78, 5) is 13.3. The zero-order chi connectivity index (χ0) is 15.8. The number of hydrogen-bond acceptors (Lipinski definition) is 4. The first kappa shape index (κ1) is 15.5. The monoisotopic (exact) mass is 307 g/mol. The summed E-state index contributed by atoms with van der Waals surface area (Å²) in [7, 11) is 0. The molecule has 2 N–H and O–H groups in total. The molecule has 0 saturated carbocycles. The molecule has 2 aromatic rings. The van der Waals surface area contributed by atoms with E-state index < -0.39 is 11.6 Å². The van der Waals surface area contributed by atoms with Crippen LogP contribution in [0, 0.1) is 12.7 Å². The second-order valence-electron chi connectivity index (χ2n) is 5.81. The van der Waals surface area contributed by atoms with Crippen LogP contribution in [-0.2, 0) is 4.74 Å². The molecule has 0 radical (unpaired) electrons. The Hall–Kier alpha value is -1.88. The fourth-order valence-electron chi connectivity index (χ4n) is 1.91. The van der Waals surface area contributed by atoms with E-state index in [1.807, 2.05) is 6.92 Å². The maximum absolute atomic E-state index is 13.4. The molecule has 0 atom stereocenters. The van der Waals surface area contributed by atoms with Crippen LogP contribution in [0.15, 0.2) is 24.3 Å². The number of carbonyl (C=O) groups excluding carboxylic acids is 1. The fourth-order valence-corrected chi connectivity index (χ4v) is 3.01. The molecular formula is C16H18FNO2S. The quantitative estimate of drug-likeness (QED) is 0.837. The van der Waals surface area contributed by atoms with E-state index in [-0.39, 0.29) is 5.82 Å². The van der Waals surface area contributed by atoms with Crippen LogP contribution in [0.25, 0.3) is 10.4 Å². The van der Waals surface area contributed by atoms with E-state index in [2.05, 4.69) is 0 Å². The SMILES string of the molecule is Cc1c(-c2cccc(F)c2)sc(C(=O)OC(C)(C)C)c1N. The van der Waals surface area contributed by atoms with Gasteiger partial charge in [-0.2, -0.15) is 0 Å². The van der Waals surface area contributed by atoms with Gasteiger partial charge in [-0.1, -0.05) is 12.1 Å². The van der Waals surface area contributed by atoms with Gasteiger partial charge in [0.15, 0.2) is 0 Å². The molecule has 0 aliphatic carbocycles. The van der Waals surface area contributed by atoms with Crippen molar-refractivity contribution in [2.24, 2.45) is 0 Å². The summed E-state index contributed by atoms with van der Waals surface area (Å²) in [6.07, 6.45) is 0. The largest absolute Gasteiger partial charge is 0.456 e. The first-order valence-electron chi connectivity index (χ1n) is 6.57. The lowest BCUT2D eigenvalue weighted by Crippen LogP contribution is -2.23. The first-order valence-corrected chi connectivity index (χ1v) is 7.39. The molecule has 0 unspecified atom stereocenters. The van der Waals surface area contributed by atoms with Crippen molar-refractivity contribution in [3.8, 4) is 10.4 Å². The minimum Gasteiger partial charge on any atom is -0.456 e. The number of anilines is 1. The van der Waals surface area contributed by atoms with Crippen LogP contribution in [0.2, 0.25) is 0 Å². The minimum atomic E-state index is -0.583. The zero-order valence-electron chi connectivity index (χ0n) is 12.5. The smallest absolute Gasteiger partial charge is 0.351 e. The third-order valence-electron chi connectivity index (χ3n) is 2.86. The van der Waals surface area contributed by atoms with Gasteiger partial charge in [0.1, 0.15) is 16.3 Å². The van der Waals surface area contributed by atoms with Gasteiger partial charge in [-0.05, 0) is 51.0 Å². The van der Waals surface area contributed by atoms with Crippen molar-refractivity contribution in [2.75, 3.05) is 5.73 Å². The summed E-state index contributed by atoms with van der Waals surface area (Å²) < 4.78 is 18.7. The molecule has 1 aromatic heterocycles. The maximum Gasteiger partial charge on any atom is 0.351 e. The van der Waals surface area contributed by atoms with Crippen molar-refractivity contribution in [3.63, 3.8) is 0 Å². The molecule has 0 spiro atoms. The van der Waals surface area contributed by atoms with Crippen molar-refractivity contribution in [1.29, 1.82) is 0 Å². The summed E-state index contributed by atoms with van der Waals surface area (Å²) >= 11 is 1.23. The Bertz CT molecular complexity index is 686. The van der Waals surface area contributed by atoms with Gasteiger partial charge in [-0.25, -0.2) is 9.18 Å². The van der Waals surface area contributed by atoms with E-state index in [0.29, 0.717) is 16.1 Å². The van der Waals surface area contributed by atoms with Crippen LogP contribution in [0.1, 0.15) is 36.0 Å². The maximum atomic E-state index is 13.4. The molecule has 5 heteroatoms. The number of nitrogen functional groups attached to an aromatic ring is 1. The second-order valence-corrected chi connectivity index (χ2v) is 6.83. The normalized spacial score (nSPS) is 11.5. The molecule has 1 heterocycles. The average Bonchev–Trinajstić information content (AvgIpc) is 2.64. The van der Waals surface area contributed by atoms with Crippen LogP contribution >= 0.6 is 11.3 Å². The highest BCUT2D eigenvalue weighted by atomic mass is 32.1. The van der Waals surface area contributed by atoms with Crippen molar-refractivity contribution in [2.45, 2.75) is 33.3 Å². The molecule has 21 heavy (non-hydrogen) atoms. The van der Waals surface area contributed by atoms with Gasteiger partial charge in [0, 0.05) is 4.88 Å². The number of thiophene rings is 1. The summed E-state index contributed by atoms with van der Waals surface area (Å²) in [6.45, 7) is 7.22. The summed E-state index contributed by atoms with van der Waals surface area (Å²) in [5.41, 5.74) is 7.31. The molecule has 112 valence electrons. The first-order chi connectivity index (χ1) is 9.69. The van der Waals surface area contributed by atoms with Gasteiger partial charge in [0.25, 0.3) is 0 Å². The van der Waals surface area contributed by atoms with Gasteiger partial charge >= 0.3 is 5.97 Å². The lowest BCUT2D eigenvalue weighted by atomic mass is 10.1. The Morgan fingerprint density at radius 3 is 2.57 bits per heavy atom. The van der Waals surface area contributed by atoms with E-state index >= 15 is 0 Å². The van der Waals surface area contributed by atoms with Crippen LogP contribution in [0.3, 0.4) is 0 Å². The molecule has 0 aliphatic rings. The Labute approximate surface area is 127 Å². The van der Waals surface area contributed by atoms with Crippen LogP contribution < -0.4 is 5.73 Å². The standard InChI is InChI=1S/C16H18FNO2S/c1-9-12(18)14(15(19)20-16(2,3)4)21-13(9)10-6-5-7-11(17)8-10/h5-8H,18H2,1-4H3. The molecule has 0 fully saturated rings. The van der Waals surface area contributed by atoms with Crippen LogP contribution in [0.5, 0.6) is 0 Å². The van der Waals surface area contributed by atoms with Gasteiger partial charge < -0.3 is 10.5 Å². The highest BCUT2D eigenvalue weighted by Crippen LogP contribution is 2.39. The van der Waals surface area contributed by atoms with E-state index in [0.717, 1.165) is 10.4 Å².